The van der Waals surface area contributed by atoms with Gasteiger partial charge in [-0.25, -0.2) is 13.8 Å². The van der Waals surface area contributed by atoms with E-state index < -0.39 is 11.6 Å². The van der Waals surface area contributed by atoms with E-state index in [2.05, 4.69) is 40.1 Å². The predicted molar refractivity (Wildman–Crippen MR) is 74.4 cm³/mol. The average molecular weight is 330 g/mol. The fourth-order valence-electron chi connectivity index (χ4n) is 1.75. The van der Waals surface area contributed by atoms with Crippen LogP contribution >= 0.6 is 15.9 Å². The molecule has 1 N–H and O–H groups in total. The number of hydrogen-bond acceptors (Lipinski definition) is 2. The van der Waals surface area contributed by atoms with E-state index in [1.807, 2.05) is 4.57 Å². The molecule has 0 saturated carbocycles. The van der Waals surface area contributed by atoms with Crippen LogP contribution in [-0.2, 0) is 6.54 Å². The molecule has 19 heavy (non-hydrogen) atoms. The van der Waals surface area contributed by atoms with E-state index in [0.717, 1.165) is 6.54 Å². The average Bonchev–Trinajstić information content (AvgIpc) is 2.70. The third kappa shape index (κ3) is 3.32. The molecule has 0 aliphatic carbocycles. The van der Waals surface area contributed by atoms with Crippen LogP contribution in [0.4, 0.5) is 20.4 Å². The van der Waals surface area contributed by atoms with Crippen molar-refractivity contribution in [1.82, 2.24) is 9.55 Å². The van der Waals surface area contributed by atoms with Crippen molar-refractivity contribution in [3.05, 3.63) is 40.6 Å². The minimum absolute atomic E-state index is 0.195. The molecule has 2 aromatic rings. The van der Waals surface area contributed by atoms with Gasteiger partial charge in [-0.2, -0.15) is 0 Å². The van der Waals surface area contributed by atoms with Crippen LogP contribution in [0.1, 0.15) is 13.8 Å². The number of benzene rings is 1. The summed E-state index contributed by atoms with van der Waals surface area (Å²) in [5.41, 5.74) is -0.195. The van der Waals surface area contributed by atoms with Crippen LogP contribution in [0.3, 0.4) is 0 Å². The van der Waals surface area contributed by atoms with Crippen molar-refractivity contribution in [1.29, 1.82) is 0 Å². The van der Waals surface area contributed by atoms with Crippen LogP contribution in [-0.4, -0.2) is 9.55 Å². The normalized spacial score (nSPS) is 11.1. The van der Waals surface area contributed by atoms with Gasteiger partial charge >= 0.3 is 0 Å². The first kappa shape index (κ1) is 14.0. The van der Waals surface area contributed by atoms with Crippen molar-refractivity contribution in [3.8, 4) is 0 Å². The Morgan fingerprint density at radius 2 is 1.95 bits per heavy atom. The molecule has 1 aromatic heterocycles. The first-order valence-electron chi connectivity index (χ1n) is 5.90. The molecule has 6 heteroatoms. The first-order chi connectivity index (χ1) is 8.97. The summed E-state index contributed by atoms with van der Waals surface area (Å²) in [4.78, 5) is 4.08. The van der Waals surface area contributed by atoms with Gasteiger partial charge in [0.25, 0.3) is 0 Å². The number of imidazole rings is 1. The van der Waals surface area contributed by atoms with Crippen LogP contribution in [0.2, 0.25) is 0 Å². The van der Waals surface area contributed by atoms with E-state index in [9.17, 15) is 8.78 Å². The summed E-state index contributed by atoms with van der Waals surface area (Å²) in [5.74, 6) is -0.486. The van der Waals surface area contributed by atoms with Gasteiger partial charge in [0.15, 0.2) is 11.6 Å². The highest BCUT2D eigenvalue weighted by atomic mass is 79.9. The van der Waals surface area contributed by atoms with Crippen molar-refractivity contribution in [3.63, 3.8) is 0 Å². The summed E-state index contributed by atoms with van der Waals surface area (Å²) in [6.45, 7) is 4.84. The Morgan fingerprint density at radius 1 is 1.32 bits per heavy atom. The quantitative estimate of drug-likeness (QED) is 0.905. The van der Waals surface area contributed by atoms with Crippen LogP contribution in [0.15, 0.2) is 29.0 Å². The molecule has 0 aliphatic rings. The molecule has 0 bridgehead atoms. The lowest BCUT2D eigenvalue weighted by Gasteiger charge is -2.13. The topological polar surface area (TPSA) is 29.9 Å². The van der Waals surface area contributed by atoms with Crippen molar-refractivity contribution in [2.45, 2.75) is 20.4 Å². The molecule has 3 nitrogen and oxygen atoms in total. The van der Waals surface area contributed by atoms with E-state index in [4.69, 9.17) is 0 Å². The van der Waals surface area contributed by atoms with Crippen LogP contribution in [0.5, 0.6) is 0 Å². The molecule has 0 aliphatic heterocycles. The summed E-state index contributed by atoms with van der Waals surface area (Å²) in [6, 6.07) is 2.42. The van der Waals surface area contributed by atoms with E-state index >= 15 is 0 Å². The second-order valence-electron chi connectivity index (χ2n) is 4.67. The van der Waals surface area contributed by atoms with E-state index in [0.29, 0.717) is 16.3 Å². The van der Waals surface area contributed by atoms with Gasteiger partial charge < -0.3 is 9.88 Å². The lowest BCUT2D eigenvalue weighted by atomic mass is 10.2. The van der Waals surface area contributed by atoms with Crippen LogP contribution < -0.4 is 5.32 Å². The fourth-order valence-corrected chi connectivity index (χ4v) is 2.15. The number of hydrogen-bond donors (Lipinski definition) is 1. The molecule has 1 aromatic carbocycles. The maximum Gasteiger partial charge on any atom is 0.207 e. The molecule has 102 valence electrons. The third-order valence-corrected chi connectivity index (χ3v) is 2.98. The van der Waals surface area contributed by atoms with Crippen molar-refractivity contribution < 1.29 is 8.78 Å². The van der Waals surface area contributed by atoms with Crippen LogP contribution in [0.25, 0.3) is 0 Å². The van der Waals surface area contributed by atoms with Gasteiger partial charge in [0, 0.05) is 23.4 Å². The zero-order chi connectivity index (χ0) is 14.0. The van der Waals surface area contributed by atoms with Gasteiger partial charge in [-0.3, -0.25) is 0 Å². The van der Waals surface area contributed by atoms with Gasteiger partial charge in [0.1, 0.15) is 5.69 Å². The minimum atomic E-state index is -0.661. The maximum atomic E-state index is 13.7. The van der Waals surface area contributed by atoms with Crippen molar-refractivity contribution in [2.75, 3.05) is 5.32 Å². The zero-order valence-electron chi connectivity index (χ0n) is 10.6. The zero-order valence-corrected chi connectivity index (χ0v) is 12.2. The van der Waals surface area contributed by atoms with Gasteiger partial charge in [-0.1, -0.05) is 29.8 Å². The Morgan fingerprint density at radius 3 is 2.53 bits per heavy atom. The van der Waals surface area contributed by atoms with E-state index in [1.165, 1.54) is 12.1 Å². The van der Waals surface area contributed by atoms with Gasteiger partial charge in [-0.15, -0.1) is 0 Å². The lowest BCUT2D eigenvalue weighted by molar-refractivity contribution is 0.526. The summed E-state index contributed by atoms with van der Waals surface area (Å²) in [6.07, 6.45) is 3.37. The van der Waals surface area contributed by atoms with E-state index in [1.54, 1.807) is 12.4 Å². The number of aromatic nitrogens is 2. The second kappa shape index (κ2) is 5.69. The molecule has 0 amide bonds. The van der Waals surface area contributed by atoms with Crippen LogP contribution in [0, 0.1) is 17.6 Å². The highest BCUT2D eigenvalue weighted by Gasteiger charge is 2.13. The highest BCUT2D eigenvalue weighted by Crippen LogP contribution is 2.26. The molecular formula is C13H14BrF2N3. The Kier molecular flexibility index (Phi) is 4.19. The van der Waals surface area contributed by atoms with E-state index in [-0.39, 0.29) is 5.69 Å². The predicted octanol–water partition coefficient (Wildman–Crippen LogP) is 4.32. The largest absolute Gasteiger partial charge is 0.321 e. The highest BCUT2D eigenvalue weighted by molar-refractivity contribution is 9.10. The van der Waals surface area contributed by atoms with Crippen molar-refractivity contribution >= 4 is 27.6 Å². The number of nitrogens with zero attached hydrogens (tertiary/aromatic N) is 2. The van der Waals surface area contributed by atoms with Crippen molar-refractivity contribution in [2.24, 2.45) is 5.92 Å². The number of halogens is 3. The van der Waals surface area contributed by atoms with Gasteiger partial charge in [0.2, 0.25) is 5.95 Å². The molecule has 1 heterocycles. The molecule has 0 fully saturated rings. The molecule has 0 saturated heterocycles. The maximum absolute atomic E-state index is 13.7. The Bertz CT molecular complexity index is 558. The SMILES string of the molecule is CC(C)Cn1ccnc1Nc1c(F)cc(Br)cc1F. The Hall–Kier alpha value is -1.43. The monoisotopic (exact) mass is 329 g/mol. The molecular weight excluding hydrogens is 316 g/mol. The summed E-state index contributed by atoms with van der Waals surface area (Å²) in [5, 5.41) is 2.70. The summed E-state index contributed by atoms with van der Waals surface area (Å²) < 4.78 is 29.6. The third-order valence-electron chi connectivity index (χ3n) is 2.52. The number of anilines is 2. The Labute approximate surface area is 118 Å². The molecule has 0 unspecified atom stereocenters. The standard InChI is InChI=1S/C13H14BrF2N3/c1-8(2)7-19-4-3-17-13(19)18-12-10(15)5-9(14)6-11(12)16/h3-6,8H,7H2,1-2H3,(H,17,18). The number of nitrogens with one attached hydrogen (secondary N) is 1. The first-order valence-corrected chi connectivity index (χ1v) is 6.69. The Balaban J connectivity index is 2.29. The summed E-state index contributed by atoms with van der Waals surface area (Å²) >= 11 is 3.04. The summed E-state index contributed by atoms with van der Waals surface area (Å²) in [7, 11) is 0. The minimum Gasteiger partial charge on any atom is -0.321 e. The fraction of sp³-hybridized carbons (Fsp3) is 0.308. The number of rotatable bonds is 4. The lowest BCUT2D eigenvalue weighted by Crippen LogP contribution is -2.09. The molecule has 0 spiro atoms. The second-order valence-corrected chi connectivity index (χ2v) is 5.58. The smallest absolute Gasteiger partial charge is 0.207 e. The van der Waals surface area contributed by atoms with Gasteiger partial charge in [-0.05, 0) is 18.1 Å². The van der Waals surface area contributed by atoms with Gasteiger partial charge in [0.05, 0.1) is 0 Å². The molecule has 0 radical (unpaired) electrons. The molecule has 0 atom stereocenters. The molecule has 2 rings (SSSR count).